The van der Waals surface area contributed by atoms with Crippen LogP contribution in [-0.4, -0.2) is 34.2 Å². The summed E-state index contributed by atoms with van der Waals surface area (Å²) in [5.41, 5.74) is 2.30. The van der Waals surface area contributed by atoms with Gasteiger partial charge in [0.1, 0.15) is 0 Å². The Kier molecular flexibility index (Phi) is 3.65. The standard InChI is InChI=1S/C17H17N5O4S/c1-18-27(25,26)11-5-6-12-14(9-11)22(16(23)19-12)10-4-7-13-15(8-10)21(3)17(24)20(13)2/h4-9,18H,1-3H3,(H,19,23). The molecule has 0 saturated heterocycles. The SMILES string of the molecule is CNS(=O)(=O)c1ccc2[nH]c(=O)n(-c3ccc4c(c3)n(C)c(=O)n4C)c2c1. The number of hydrogen-bond acceptors (Lipinski definition) is 4. The second-order valence-corrected chi connectivity index (χ2v) is 8.11. The fourth-order valence-electron chi connectivity index (χ4n) is 3.26. The van der Waals surface area contributed by atoms with Crippen molar-refractivity contribution in [2.75, 3.05) is 7.05 Å². The number of nitrogens with zero attached hydrogens (tertiary/aromatic N) is 3. The lowest BCUT2D eigenvalue weighted by molar-refractivity contribution is 0.588. The number of rotatable bonds is 3. The molecular weight excluding hydrogens is 370 g/mol. The second kappa shape index (κ2) is 5.69. The van der Waals surface area contributed by atoms with Gasteiger partial charge in [0.2, 0.25) is 10.0 Å². The first-order chi connectivity index (χ1) is 12.7. The Morgan fingerprint density at radius 2 is 1.63 bits per heavy atom. The third-order valence-electron chi connectivity index (χ3n) is 4.75. The number of sulfonamides is 1. The van der Waals surface area contributed by atoms with Crippen molar-refractivity contribution in [1.29, 1.82) is 0 Å². The van der Waals surface area contributed by atoms with Gasteiger partial charge in [0.15, 0.2) is 0 Å². The molecule has 0 atom stereocenters. The molecule has 0 aliphatic heterocycles. The summed E-state index contributed by atoms with van der Waals surface area (Å²) in [6.45, 7) is 0. The number of aryl methyl sites for hydroxylation is 2. The maximum absolute atomic E-state index is 12.5. The Morgan fingerprint density at radius 1 is 0.926 bits per heavy atom. The summed E-state index contributed by atoms with van der Waals surface area (Å²) in [6.07, 6.45) is 0. The van der Waals surface area contributed by atoms with E-state index in [-0.39, 0.29) is 10.6 Å². The van der Waals surface area contributed by atoms with Gasteiger partial charge in [-0.1, -0.05) is 0 Å². The first kappa shape index (κ1) is 17.3. The summed E-state index contributed by atoms with van der Waals surface area (Å²) < 4.78 is 30.9. The van der Waals surface area contributed by atoms with Crippen molar-refractivity contribution in [3.05, 3.63) is 57.4 Å². The molecule has 10 heteroatoms. The molecule has 27 heavy (non-hydrogen) atoms. The van der Waals surface area contributed by atoms with Gasteiger partial charge in [0.25, 0.3) is 0 Å². The van der Waals surface area contributed by atoms with Crippen molar-refractivity contribution in [2.24, 2.45) is 14.1 Å². The highest BCUT2D eigenvalue weighted by molar-refractivity contribution is 7.89. The minimum absolute atomic E-state index is 0.0541. The van der Waals surface area contributed by atoms with E-state index >= 15 is 0 Å². The summed E-state index contributed by atoms with van der Waals surface area (Å²) >= 11 is 0. The average Bonchev–Trinajstić information content (AvgIpc) is 3.10. The van der Waals surface area contributed by atoms with Crippen LogP contribution in [0.1, 0.15) is 0 Å². The normalized spacial score (nSPS) is 12.3. The van der Waals surface area contributed by atoms with Crippen LogP contribution < -0.4 is 16.1 Å². The largest absolute Gasteiger partial charge is 0.331 e. The Labute approximate surface area is 153 Å². The van der Waals surface area contributed by atoms with E-state index in [4.69, 9.17) is 0 Å². The van der Waals surface area contributed by atoms with E-state index in [1.165, 1.54) is 32.9 Å². The summed E-state index contributed by atoms with van der Waals surface area (Å²) in [7, 11) is 1.01. The van der Waals surface area contributed by atoms with E-state index < -0.39 is 15.7 Å². The molecule has 2 aromatic heterocycles. The van der Waals surface area contributed by atoms with Crippen LogP contribution in [-0.2, 0) is 24.1 Å². The molecule has 0 aliphatic rings. The smallest absolute Gasteiger partial charge is 0.305 e. The Hall–Kier alpha value is -3.11. The van der Waals surface area contributed by atoms with Gasteiger partial charge in [-0.25, -0.2) is 22.7 Å². The van der Waals surface area contributed by atoms with Crippen molar-refractivity contribution in [3.63, 3.8) is 0 Å². The van der Waals surface area contributed by atoms with Crippen LogP contribution in [0.15, 0.2) is 50.9 Å². The van der Waals surface area contributed by atoms with Crippen molar-refractivity contribution < 1.29 is 8.42 Å². The van der Waals surface area contributed by atoms with Crippen molar-refractivity contribution in [1.82, 2.24) is 23.4 Å². The molecule has 0 saturated carbocycles. The number of aromatic amines is 1. The van der Waals surface area contributed by atoms with E-state index in [2.05, 4.69) is 9.71 Å². The topological polar surface area (TPSA) is 111 Å². The first-order valence-corrected chi connectivity index (χ1v) is 9.57. The van der Waals surface area contributed by atoms with E-state index in [0.717, 1.165) is 5.52 Å². The number of benzene rings is 2. The number of fused-ring (bicyclic) bond motifs is 2. The molecule has 0 fully saturated rings. The molecule has 0 bridgehead atoms. The molecule has 0 aliphatic carbocycles. The van der Waals surface area contributed by atoms with Crippen molar-refractivity contribution in [3.8, 4) is 5.69 Å². The summed E-state index contributed by atoms with van der Waals surface area (Å²) in [5, 5.41) is 0. The van der Waals surface area contributed by atoms with Gasteiger partial charge in [0, 0.05) is 14.1 Å². The fraction of sp³-hybridized carbons (Fsp3) is 0.176. The van der Waals surface area contributed by atoms with Gasteiger partial charge in [-0.3, -0.25) is 13.7 Å². The van der Waals surface area contributed by atoms with Crippen LogP contribution in [0.5, 0.6) is 0 Å². The molecule has 2 N–H and O–H groups in total. The zero-order valence-corrected chi connectivity index (χ0v) is 15.7. The molecular formula is C17H17N5O4S. The zero-order chi connectivity index (χ0) is 19.5. The number of H-pyrrole nitrogens is 1. The van der Waals surface area contributed by atoms with Gasteiger partial charge >= 0.3 is 11.4 Å². The molecule has 140 valence electrons. The average molecular weight is 387 g/mol. The highest BCUT2D eigenvalue weighted by atomic mass is 32.2. The Bertz CT molecular complexity index is 1440. The lowest BCUT2D eigenvalue weighted by Gasteiger charge is -2.07. The first-order valence-electron chi connectivity index (χ1n) is 8.09. The van der Waals surface area contributed by atoms with Crippen LogP contribution in [0.4, 0.5) is 0 Å². The lowest BCUT2D eigenvalue weighted by atomic mass is 10.2. The molecule has 2 aromatic carbocycles. The maximum atomic E-state index is 12.5. The summed E-state index contributed by atoms with van der Waals surface area (Å²) in [6, 6.07) is 9.62. The Balaban J connectivity index is 2.04. The monoisotopic (exact) mass is 387 g/mol. The lowest BCUT2D eigenvalue weighted by Crippen LogP contribution is -2.19. The molecule has 4 rings (SSSR count). The van der Waals surface area contributed by atoms with E-state index in [1.807, 2.05) is 0 Å². The van der Waals surface area contributed by atoms with Crippen LogP contribution in [0, 0.1) is 0 Å². The fourth-order valence-corrected chi connectivity index (χ4v) is 4.01. The van der Waals surface area contributed by atoms with E-state index in [1.54, 1.807) is 38.4 Å². The van der Waals surface area contributed by atoms with Gasteiger partial charge in [-0.2, -0.15) is 0 Å². The number of nitrogens with one attached hydrogen (secondary N) is 2. The van der Waals surface area contributed by atoms with E-state index in [9.17, 15) is 18.0 Å². The van der Waals surface area contributed by atoms with Crippen molar-refractivity contribution in [2.45, 2.75) is 4.90 Å². The minimum Gasteiger partial charge on any atom is -0.305 e. The highest BCUT2D eigenvalue weighted by Gasteiger charge is 2.17. The molecule has 4 aromatic rings. The van der Waals surface area contributed by atoms with Crippen LogP contribution >= 0.6 is 0 Å². The molecule has 0 amide bonds. The quantitative estimate of drug-likeness (QED) is 0.531. The van der Waals surface area contributed by atoms with Crippen molar-refractivity contribution >= 4 is 32.1 Å². The molecule has 9 nitrogen and oxygen atoms in total. The predicted molar refractivity (Wildman–Crippen MR) is 102 cm³/mol. The van der Waals surface area contributed by atoms with Gasteiger partial charge < -0.3 is 4.98 Å². The van der Waals surface area contributed by atoms with Crippen LogP contribution in [0.25, 0.3) is 27.8 Å². The summed E-state index contributed by atoms with van der Waals surface area (Å²) in [5.74, 6) is 0. The predicted octanol–water partition coefficient (Wildman–Crippen LogP) is 0.417. The second-order valence-electron chi connectivity index (χ2n) is 6.23. The molecule has 0 unspecified atom stereocenters. The molecule has 2 heterocycles. The summed E-state index contributed by atoms with van der Waals surface area (Å²) in [4.78, 5) is 27.4. The number of imidazole rings is 2. The highest BCUT2D eigenvalue weighted by Crippen LogP contribution is 2.22. The third-order valence-corrected chi connectivity index (χ3v) is 6.16. The van der Waals surface area contributed by atoms with Gasteiger partial charge in [-0.15, -0.1) is 0 Å². The minimum atomic E-state index is -3.65. The van der Waals surface area contributed by atoms with Crippen LogP contribution in [0.2, 0.25) is 0 Å². The van der Waals surface area contributed by atoms with Gasteiger partial charge in [0.05, 0.1) is 32.6 Å². The zero-order valence-electron chi connectivity index (χ0n) is 14.8. The number of hydrogen-bond donors (Lipinski definition) is 2. The number of aromatic nitrogens is 4. The molecule has 0 radical (unpaired) electrons. The van der Waals surface area contributed by atoms with Crippen LogP contribution in [0.3, 0.4) is 0 Å². The Morgan fingerprint density at radius 3 is 2.33 bits per heavy atom. The maximum Gasteiger partial charge on any atom is 0.331 e. The van der Waals surface area contributed by atoms with E-state index in [0.29, 0.717) is 22.2 Å². The third kappa shape index (κ3) is 2.45. The molecule has 0 spiro atoms. The van der Waals surface area contributed by atoms with Gasteiger partial charge in [-0.05, 0) is 43.4 Å².